The smallest absolute Gasteiger partial charge is 0.303 e. The third-order valence-electron chi connectivity index (χ3n) is 8.61. The van der Waals surface area contributed by atoms with Crippen LogP contribution in [0.25, 0.3) is 0 Å². The van der Waals surface area contributed by atoms with Crippen molar-refractivity contribution in [2.24, 2.45) is 39.6 Å². The molecule has 58 heavy (non-hydrogen) atoms. The van der Waals surface area contributed by atoms with E-state index in [1.807, 2.05) is 0 Å². The zero-order valence-corrected chi connectivity index (χ0v) is 34.1. The Morgan fingerprint density at radius 1 is 0.603 bits per heavy atom. The summed E-state index contributed by atoms with van der Waals surface area (Å²) in [6.07, 6.45) is 0.233. The monoisotopic (exact) mass is 844 g/mol. The number of carbonyl (C=O) groups is 10. The average Bonchev–Trinajstić information content (AvgIpc) is 3.13. The van der Waals surface area contributed by atoms with Gasteiger partial charge in [-0.05, 0) is 56.5 Å². The lowest BCUT2D eigenvalue weighted by Crippen LogP contribution is -2.60. The Morgan fingerprint density at radius 3 is 1.47 bits per heavy atom. The first-order valence-electron chi connectivity index (χ1n) is 18.5. The fourth-order valence-electron chi connectivity index (χ4n) is 5.22. The molecule has 0 saturated carbocycles. The number of nitrogens with zero attached hydrogens (tertiary/aromatic N) is 1. The van der Waals surface area contributed by atoms with Gasteiger partial charge < -0.3 is 65.7 Å². The van der Waals surface area contributed by atoms with Crippen LogP contribution in [0.4, 0.5) is 0 Å². The Balaban J connectivity index is 6.53. The first-order chi connectivity index (χ1) is 27.1. The lowest BCUT2D eigenvalue weighted by atomic mass is 9.96. The van der Waals surface area contributed by atoms with E-state index in [2.05, 4.69) is 36.9 Å². The average molecular weight is 845 g/mol. The van der Waals surface area contributed by atoms with Crippen molar-refractivity contribution in [3.8, 4) is 0 Å². The summed E-state index contributed by atoms with van der Waals surface area (Å²) in [4.78, 5) is 130. The number of aliphatic imine (C=N–C) groups is 1. The van der Waals surface area contributed by atoms with Crippen molar-refractivity contribution in [2.45, 2.75) is 121 Å². The van der Waals surface area contributed by atoms with E-state index in [9.17, 15) is 53.1 Å². The maximum atomic E-state index is 13.9. The number of primary amides is 3. The van der Waals surface area contributed by atoms with E-state index in [-0.39, 0.29) is 57.5 Å². The third kappa shape index (κ3) is 22.2. The largest absolute Gasteiger partial charge is 0.481 e. The van der Waals surface area contributed by atoms with Crippen LogP contribution in [0, 0.1) is 5.92 Å². The fourth-order valence-corrected chi connectivity index (χ4v) is 5.69. The van der Waals surface area contributed by atoms with E-state index in [0.717, 1.165) is 6.92 Å². The van der Waals surface area contributed by atoms with Crippen molar-refractivity contribution in [1.29, 1.82) is 0 Å². The number of carboxylic acid groups (broad SMARTS) is 1. The predicted octanol–water partition coefficient (Wildman–Crippen LogP) is -4.35. The second-order valence-corrected chi connectivity index (χ2v) is 14.4. The molecule has 0 aliphatic carbocycles. The second kappa shape index (κ2) is 27.8. The lowest BCUT2D eigenvalue weighted by molar-refractivity contribution is -0.138. The molecule has 9 amide bonds. The summed E-state index contributed by atoms with van der Waals surface area (Å²) in [6.45, 7) is 4.57. The summed E-state index contributed by atoms with van der Waals surface area (Å²) in [7, 11) is 0. The number of hydrogen-bond acceptors (Lipinski definition) is 12. The summed E-state index contributed by atoms with van der Waals surface area (Å²) >= 11 is 1.32. The molecular weight excluding hydrogens is 785 g/mol. The van der Waals surface area contributed by atoms with E-state index in [4.69, 9.17) is 28.7 Å². The molecule has 0 unspecified atom stereocenters. The normalized spacial score (nSPS) is 14.3. The summed E-state index contributed by atoms with van der Waals surface area (Å²) in [5.41, 5.74) is 26.6. The highest BCUT2D eigenvalue weighted by molar-refractivity contribution is 7.98. The van der Waals surface area contributed by atoms with Crippen molar-refractivity contribution >= 4 is 76.9 Å². The zero-order valence-electron chi connectivity index (χ0n) is 33.3. The van der Waals surface area contributed by atoms with Crippen molar-refractivity contribution in [1.82, 2.24) is 31.9 Å². The van der Waals surface area contributed by atoms with Crippen LogP contribution in [0.3, 0.4) is 0 Å². The third-order valence-corrected chi connectivity index (χ3v) is 9.25. The zero-order chi connectivity index (χ0) is 44.5. The second-order valence-electron chi connectivity index (χ2n) is 13.4. The Morgan fingerprint density at radius 2 is 1.03 bits per heavy atom. The summed E-state index contributed by atoms with van der Waals surface area (Å²) in [6, 6.07) is -8.05. The molecule has 0 aliphatic rings. The molecule has 7 atom stereocenters. The first kappa shape index (κ1) is 52.3. The lowest BCUT2D eigenvalue weighted by Gasteiger charge is -2.29. The molecule has 0 saturated heterocycles. The minimum Gasteiger partial charge on any atom is -0.481 e. The maximum absolute atomic E-state index is 13.9. The van der Waals surface area contributed by atoms with Gasteiger partial charge in [0.1, 0.15) is 36.3 Å². The molecule has 0 aliphatic heterocycles. The van der Waals surface area contributed by atoms with E-state index in [1.54, 1.807) is 20.1 Å². The van der Waals surface area contributed by atoms with Crippen LogP contribution in [0.2, 0.25) is 0 Å². The molecular formula is C34H60N12O11S. The number of nitrogens with one attached hydrogen (secondary N) is 6. The molecule has 0 fully saturated rings. The number of aliphatic carboxylic acids is 1. The summed E-state index contributed by atoms with van der Waals surface area (Å²) < 4.78 is 0. The molecule has 0 bridgehead atoms. The quantitative estimate of drug-likeness (QED) is 0.0185. The number of carboxylic acids is 1. The van der Waals surface area contributed by atoms with Gasteiger partial charge in [-0.25, -0.2) is 0 Å². The van der Waals surface area contributed by atoms with Gasteiger partial charge in [0, 0.05) is 32.7 Å². The van der Waals surface area contributed by atoms with Gasteiger partial charge in [-0.1, -0.05) is 20.3 Å². The number of hydrogen-bond donors (Lipinski definition) is 12. The number of rotatable bonds is 30. The highest BCUT2D eigenvalue weighted by Gasteiger charge is 2.34. The standard InChI is InChI=1S/C34H60N12O11S/c1-5-17(2)27(33(57)42-19(28(37)52)8-11-24(35)48)46-32(56)20(7-6-15-40-34(38)39)43-31(55)23(14-16-58-4)45-30(54)22(10-13-26(50)51)44-29(53)21(41-18(3)47)9-12-25(36)49/h17,19-23,27H,5-16H2,1-4H3,(H2,35,48)(H2,36,49)(H2,37,52)(H,41,47)(H,42,57)(H,43,55)(H,44,53)(H,45,54)(H,46,56)(H,50,51)(H4,38,39,40)/t17-,19-,20-,21-,22-,23-,27-/m0/s1. The Kier molecular flexibility index (Phi) is 25.1. The fraction of sp³-hybridized carbons (Fsp3) is 0.676. The predicted molar refractivity (Wildman–Crippen MR) is 213 cm³/mol. The van der Waals surface area contributed by atoms with Crippen LogP contribution >= 0.6 is 11.8 Å². The Labute approximate surface area is 340 Å². The van der Waals surface area contributed by atoms with E-state index < -0.39 is 114 Å². The van der Waals surface area contributed by atoms with Crippen LogP contribution in [0.15, 0.2) is 4.99 Å². The van der Waals surface area contributed by atoms with Crippen molar-refractivity contribution in [3.63, 3.8) is 0 Å². The molecule has 0 heterocycles. The molecule has 0 rings (SSSR count). The molecule has 24 heteroatoms. The molecule has 328 valence electrons. The van der Waals surface area contributed by atoms with Crippen LogP contribution in [-0.2, 0) is 47.9 Å². The van der Waals surface area contributed by atoms with Gasteiger partial charge in [0.25, 0.3) is 0 Å². The molecule has 0 aromatic carbocycles. The highest BCUT2D eigenvalue weighted by atomic mass is 32.2. The molecule has 0 spiro atoms. The van der Waals surface area contributed by atoms with Crippen LogP contribution in [0.5, 0.6) is 0 Å². The van der Waals surface area contributed by atoms with Crippen LogP contribution in [-0.4, -0.2) is 125 Å². The van der Waals surface area contributed by atoms with Gasteiger partial charge in [0.15, 0.2) is 5.96 Å². The highest BCUT2D eigenvalue weighted by Crippen LogP contribution is 2.12. The molecule has 17 N–H and O–H groups in total. The number of thioether (sulfide) groups is 1. The molecule has 0 radical (unpaired) electrons. The molecule has 0 aromatic heterocycles. The van der Waals surface area contributed by atoms with Gasteiger partial charge >= 0.3 is 5.97 Å². The van der Waals surface area contributed by atoms with Crippen LogP contribution in [0.1, 0.15) is 85.0 Å². The van der Waals surface area contributed by atoms with Crippen LogP contribution < -0.4 is 60.6 Å². The van der Waals surface area contributed by atoms with E-state index >= 15 is 0 Å². The Hall–Kier alpha value is -5.68. The topological polar surface area (TPSA) is 406 Å². The SMILES string of the molecule is CC[C@H](C)[C@H](NC(=O)[C@H](CCCN=C(N)N)NC(=O)[C@H](CCSC)NC(=O)[C@H](CCC(=O)O)NC(=O)[C@H](CCC(N)=O)NC(C)=O)C(=O)N[C@@H](CCC(N)=O)C(N)=O. The summed E-state index contributed by atoms with van der Waals surface area (Å²) in [5, 5.41) is 24.2. The van der Waals surface area contributed by atoms with Gasteiger partial charge in [-0.15, -0.1) is 0 Å². The minimum absolute atomic E-state index is 0.00547. The van der Waals surface area contributed by atoms with E-state index in [0.29, 0.717) is 12.2 Å². The van der Waals surface area contributed by atoms with Crippen molar-refractivity contribution < 1.29 is 53.1 Å². The minimum atomic E-state index is -1.53. The first-order valence-corrected chi connectivity index (χ1v) is 19.9. The van der Waals surface area contributed by atoms with Gasteiger partial charge in [0.05, 0.1) is 0 Å². The van der Waals surface area contributed by atoms with Gasteiger partial charge in [0.2, 0.25) is 53.2 Å². The molecule has 23 nitrogen and oxygen atoms in total. The van der Waals surface area contributed by atoms with E-state index in [1.165, 1.54) is 11.8 Å². The number of nitrogens with two attached hydrogens (primary N) is 5. The maximum Gasteiger partial charge on any atom is 0.303 e. The number of carbonyl (C=O) groups excluding carboxylic acids is 9. The molecule has 0 aromatic rings. The van der Waals surface area contributed by atoms with Crippen molar-refractivity contribution in [2.75, 3.05) is 18.6 Å². The van der Waals surface area contributed by atoms with Gasteiger partial charge in [-0.2, -0.15) is 11.8 Å². The van der Waals surface area contributed by atoms with Gasteiger partial charge in [-0.3, -0.25) is 52.9 Å². The summed E-state index contributed by atoms with van der Waals surface area (Å²) in [5.74, 6) is -9.14. The Bertz CT molecular complexity index is 1490. The number of guanidine groups is 1. The number of amides is 9. The van der Waals surface area contributed by atoms with Crippen molar-refractivity contribution in [3.05, 3.63) is 0 Å².